The number of benzene rings is 2. The van der Waals surface area contributed by atoms with Gasteiger partial charge in [-0.25, -0.2) is 0 Å². The van der Waals surface area contributed by atoms with E-state index in [0.717, 1.165) is 5.56 Å². The Morgan fingerprint density at radius 1 is 1.00 bits per heavy atom. The first-order chi connectivity index (χ1) is 9.40. The number of hydrogen-bond acceptors (Lipinski definition) is 3. The van der Waals surface area contributed by atoms with Crippen LogP contribution in [0.5, 0.6) is 0 Å². The van der Waals surface area contributed by atoms with Crippen molar-refractivity contribution in [1.29, 1.82) is 0 Å². The number of anilines is 1. The number of nitrogens with zero attached hydrogens (tertiary/aromatic N) is 1. The van der Waals surface area contributed by atoms with E-state index in [2.05, 4.69) is 64.8 Å². The van der Waals surface area contributed by atoms with Crippen molar-refractivity contribution in [2.24, 2.45) is 5.73 Å². The van der Waals surface area contributed by atoms with Gasteiger partial charge in [0.25, 0.3) is 0 Å². The van der Waals surface area contributed by atoms with E-state index in [1.165, 1.54) is 16.8 Å². The molecule has 1 radical (unpaired) electrons. The van der Waals surface area contributed by atoms with E-state index in [4.69, 9.17) is 5.73 Å². The highest BCUT2D eigenvalue weighted by molar-refractivity contribution is 8.04. The molecule has 0 saturated heterocycles. The zero-order valence-corrected chi connectivity index (χ0v) is 11.3. The Morgan fingerprint density at radius 3 is 2.53 bits per heavy atom. The van der Waals surface area contributed by atoms with Crippen LogP contribution in [0.15, 0.2) is 60.1 Å². The maximum Gasteiger partial charge on any atom is 0.114 e. The molecule has 0 amide bonds. The molecule has 0 fully saturated rings. The van der Waals surface area contributed by atoms with Crippen LogP contribution in [0, 0.1) is 5.88 Å². The number of rotatable bonds is 3. The Kier molecular flexibility index (Phi) is 3.58. The Bertz CT molecular complexity index is 593. The van der Waals surface area contributed by atoms with Gasteiger partial charge in [0.1, 0.15) is 5.88 Å². The molecule has 0 aliphatic carbocycles. The van der Waals surface area contributed by atoms with Gasteiger partial charge in [-0.15, -0.1) is 11.8 Å². The van der Waals surface area contributed by atoms with Crippen LogP contribution in [-0.4, -0.2) is 0 Å². The molecule has 3 heteroatoms. The minimum absolute atomic E-state index is 0.541. The van der Waals surface area contributed by atoms with Crippen LogP contribution in [0.4, 0.5) is 5.69 Å². The number of hydrogen-bond donors (Lipinski definition) is 1. The van der Waals surface area contributed by atoms with E-state index in [1.807, 2.05) is 6.07 Å². The average molecular weight is 267 g/mol. The van der Waals surface area contributed by atoms with Gasteiger partial charge in [-0.3, -0.25) is 0 Å². The quantitative estimate of drug-likeness (QED) is 0.912. The van der Waals surface area contributed by atoms with Crippen LogP contribution in [0.3, 0.4) is 0 Å². The third-order valence-corrected chi connectivity index (χ3v) is 3.78. The van der Waals surface area contributed by atoms with Crippen molar-refractivity contribution in [2.75, 3.05) is 4.90 Å². The highest BCUT2D eigenvalue weighted by Crippen LogP contribution is 2.38. The summed E-state index contributed by atoms with van der Waals surface area (Å²) in [5, 5.41) is 2.07. The zero-order chi connectivity index (χ0) is 13.1. The molecule has 19 heavy (non-hydrogen) atoms. The van der Waals surface area contributed by atoms with E-state index >= 15 is 0 Å². The predicted molar refractivity (Wildman–Crippen MR) is 83.3 cm³/mol. The Balaban J connectivity index is 2.16. The molecule has 95 valence electrons. The van der Waals surface area contributed by atoms with Gasteiger partial charge < -0.3 is 10.6 Å². The molecule has 0 bridgehead atoms. The van der Waals surface area contributed by atoms with Gasteiger partial charge >= 0.3 is 0 Å². The smallest absolute Gasteiger partial charge is 0.114 e. The van der Waals surface area contributed by atoms with Crippen molar-refractivity contribution in [2.45, 2.75) is 6.54 Å². The molecular weight excluding hydrogens is 252 g/mol. The van der Waals surface area contributed by atoms with Crippen molar-refractivity contribution in [3.63, 3.8) is 0 Å². The lowest BCUT2D eigenvalue weighted by molar-refractivity contribution is 1.05. The molecule has 2 aromatic rings. The molecule has 2 aromatic carbocycles. The minimum Gasteiger partial charge on any atom is -0.331 e. The van der Waals surface area contributed by atoms with Crippen molar-refractivity contribution >= 4 is 17.4 Å². The second-order valence-electron chi connectivity index (χ2n) is 4.32. The van der Waals surface area contributed by atoms with Crippen molar-refractivity contribution < 1.29 is 0 Å². The van der Waals surface area contributed by atoms with Crippen LogP contribution in [0.1, 0.15) is 5.56 Å². The standard InChI is InChI=1S/C16H15N2S/c17-11-14-7-4-8-15(13-5-2-1-3-6-13)16(14)18-9-10-19-12-18/h1-10,12H,11,17H2. The second kappa shape index (κ2) is 5.51. The van der Waals surface area contributed by atoms with Crippen molar-refractivity contribution in [3.05, 3.63) is 71.6 Å². The first-order valence-corrected chi connectivity index (χ1v) is 7.15. The highest BCUT2D eigenvalue weighted by atomic mass is 32.2. The maximum atomic E-state index is 5.89. The highest BCUT2D eigenvalue weighted by Gasteiger charge is 2.17. The molecule has 3 rings (SSSR count). The summed E-state index contributed by atoms with van der Waals surface area (Å²) in [7, 11) is 0. The van der Waals surface area contributed by atoms with Crippen LogP contribution in [0.2, 0.25) is 0 Å². The van der Waals surface area contributed by atoms with Gasteiger partial charge in [0, 0.05) is 18.3 Å². The molecule has 1 heterocycles. The first kappa shape index (κ1) is 12.3. The number of para-hydroxylation sites is 1. The van der Waals surface area contributed by atoms with Crippen LogP contribution in [-0.2, 0) is 6.54 Å². The third kappa shape index (κ3) is 2.39. The number of nitrogens with two attached hydrogens (primary N) is 1. The van der Waals surface area contributed by atoms with E-state index in [0.29, 0.717) is 6.54 Å². The fourth-order valence-corrected chi connectivity index (χ4v) is 2.85. The largest absolute Gasteiger partial charge is 0.331 e. The summed E-state index contributed by atoms with van der Waals surface area (Å²) in [5.41, 5.74) is 10.7. The van der Waals surface area contributed by atoms with Gasteiger partial charge in [0.2, 0.25) is 0 Å². The lowest BCUT2D eigenvalue weighted by Crippen LogP contribution is -2.12. The van der Waals surface area contributed by atoms with Crippen LogP contribution < -0.4 is 10.6 Å². The van der Waals surface area contributed by atoms with E-state index in [-0.39, 0.29) is 0 Å². The molecule has 0 unspecified atom stereocenters. The normalized spacial score (nSPS) is 14.1. The molecule has 0 atom stereocenters. The summed E-state index contributed by atoms with van der Waals surface area (Å²) >= 11 is 1.68. The SMILES string of the molecule is NCc1cccc(-c2ccccc2)c1N1[CH]SC=C1. The Labute approximate surface area is 117 Å². The number of thioether (sulfide) groups is 1. The summed E-state index contributed by atoms with van der Waals surface area (Å²) in [4.78, 5) is 2.15. The maximum absolute atomic E-state index is 5.89. The molecular formula is C16H15N2S. The summed E-state index contributed by atoms with van der Waals surface area (Å²) in [5.74, 6) is 2.10. The molecule has 1 aliphatic rings. The Morgan fingerprint density at radius 2 is 1.84 bits per heavy atom. The van der Waals surface area contributed by atoms with E-state index in [1.54, 1.807) is 11.8 Å². The van der Waals surface area contributed by atoms with Gasteiger partial charge in [-0.05, 0) is 16.5 Å². The van der Waals surface area contributed by atoms with Crippen molar-refractivity contribution in [3.8, 4) is 11.1 Å². The van der Waals surface area contributed by atoms with Gasteiger partial charge in [-0.2, -0.15) is 0 Å². The van der Waals surface area contributed by atoms with Crippen LogP contribution >= 0.6 is 11.8 Å². The molecule has 0 aromatic heterocycles. The van der Waals surface area contributed by atoms with E-state index < -0.39 is 0 Å². The lowest BCUT2D eigenvalue weighted by Gasteiger charge is -2.22. The molecule has 2 nitrogen and oxygen atoms in total. The summed E-state index contributed by atoms with van der Waals surface area (Å²) in [6.07, 6.45) is 2.08. The van der Waals surface area contributed by atoms with Crippen molar-refractivity contribution in [1.82, 2.24) is 0 Å². The van der Waals surface area contributed by atoms with Gasteiger partial charge in [0.05, 0.1) is 5.69 Å². The second-order valence-corrected chi connectivity index (χ2v) is 5.07. The monoisotopic (exact) mass is 267 g/mol. The minimum atomic E-state index is 0.541. The summed E-state index contributed by atoms with van der Waals surface area (Å²) < 4.78 is 0. The molecule has 2 N–H and O–H groups in total. The Hall–Kier alpha value is -1.71. The topological polar surface area (TPSA) is 29.3 Å². The van der Waals surface area contributed by atoms with Gasteiger partial charge in [0.15, 0.2) is 0 Å². The first-order valence-electron chi connectivity index (χ1n) is 6.21. The molecule has 0 saturated carbocycles. The summed E-state index contributed by atoms with van der Waals surface area (Å²) in [6.45, 7) is 0.541. The van der Waals surface area contributed by atoms with Gasteiger partial charge in [-0.1, -0.05) is 48.5 Å². The third-order valence-electron chi connectivity index (χ3n) is 3.16. The zero-order valence-electron chi connectivity index (χ0n) is 10.5. The molecule has 0 spiro atoms. The predicted octanol–water partition coefficient (Wildman–Crippen LogP) is 3.96. The lowest BCUT2D eigenvalue weighted by atomic mass is 9.99. The average Bonchev–Trinajstić information content (AvgIpc) is 3.01. The summed E-state index contributed by atoms with van der Waals surface area (Å²) in [6, 6.07) is 16.7. The van der Waals surface area contributed by atoms with Crippen LogP contribution in [0.25, 0.3) is 11.1 Å². The molecule has 1 aliphatic heterocycles. The fraction of sp³-hybridized carbons (Fsp3) is 0.0625. The van der Waals surface area contributed by atoms with E-state index in [9.17, 15) is 0 Å². The fourth-order valence-electron chi connectivity index (χ4n) is 2.28.